The van der Waals surface area contributed by atoms with Crippen molar-refractivity contribution in [3.63, 3.8) is 0 Å². The van der Waals surface area contributed by atoms with Crippen molar-refractivity contribution in [3.05, 3.63) is 58.7 Å². The number of rotatable bonds is 6. The number of fused-ring (bicyclic) bond motifs is 1. The standard InChI is InChI=1S/C22H19FN2O4S/c1-13-21(14-2-5-16(23)6-3-14)25-22(30-13)24-20(27)9-7-17(26)15-4-8-18-19(12-15)29-11-10-28-18/h2-6,8,12H,7,9-11H2,1H3,(H,24,25,27). The maximum absolute atomic E-state index is 13.1. The molecule has 3 aromatic rings. The Kier molecular flexibility index (Phi) is 5.76. The first-order valence-electron chi connectivity index (χ1n) is 9.45. The molecule has 0 spiro atoms. The van der Waals surface area contributed by atoms with Crippen molar-refractivity contribution in [2.24, 2.45) is 0 Å². The van der Waals surface area contributed by atoms with Gasteiger partial charge in [0.25, 0.3) is 0 Å². The van der Waals surface area contributed by atoms with Gasteiger partial charge in [-0.05, 0) is 49.4 Å². The van der Waals surface area contributed by atoms with Gasteiger partial charge in [-0.15, -0.1) is 11.3 Å². The molecule has 0 saturated carbocycles. The summed E-state index contributed by atoms with van der Waals surface area (Å²) in [7, 11) is 0. The summed E-state index contributed by atoms with van der Waals surface area (Å²) in [5, 5.41) is 3.19. The van der Waals surface area contributed by atoms with Crippen LogP contribution in [-0.2, 0) is 4.79 Å². The number of hydrogen-bond acceptors (Lipinski definition) is 6. The molecule has 1 amide bonds. The number of hydrogen-bond donors (Lipinski definition) is 1. The highest BCUT2D eigenvalue weighted by molar-refractivity contribution is 7.16. The fourth-order valence-electron chi connectivity index (χ4n) is 3.10. The molecule has 0 unspecified atom stereocenters. The van der Waals surface area contributed by atoms with E-state index in [1.165, 1.54) is 23.5 Å². The second kappa shape index (κ2) is 8.62. The van der Waals surface area contributed by atoms with Crippen LogP contribution in [0.5, 0.6) is 11.5 Å². The number of ketones is 1. The van der Waals surface area contributed by atoms with Crippen molar-refractivity contribution < 1.29 is 23.5 Å². The van der Waals surface area contributed by atoms with Crippen molar-refractivity contribution in [1.82, 2.24) is 4.98 Å². The number of nitrogens with zero attached hydrogens (tertiary/aromatic N) is 1. The third-order valence-corrected chi connectivity index (χ3v) is 5.49. The van der Waals surface area contributed by atoms with E-state index in [1.54, 1.807) is 30.3 Å². The van der Waals surface area contributed by atoms with E-state index in [0.29, 0.717) is 41.1 Å². The number of nitrogens with one attached hydrogen (secondary N) is 1. The van der Waals surface area contributed by atoms with Gasteiger partial charge in [0.2, 0.25) is 5.91 Å². The molecule has 8 heteroatoms. The number of aryl methyl sites for hydroxylation is 1. The summed E-state index contributed by atoms with van der Waals surface area (Å²) >= 11 is 1.34. The van der Waals surface area contributed by atoms with Gasteiger partial charge >= 0.3 is 0 Å². The van der Waals surface area contributed by atoms with Crippen LogP contribution in [0.15, 0.2) is 42.5 Å². The molecule has 6 nitrogen and oxygen atoms in total. The monoisotopic (exact) mass is 426 g/mol. The van der Waals surface area contributed by atoms with Gasteiger partial charge in [0, 0.05) is 28.8 Å². The molecular formula is C22H19FN2O4S. The second-order valence-electron chi connectivity index (χ2n) is 6.76. The first-order chi connectivity index (χ1) is 14.5. The number of anilines is 1. The van der Waals surface area contributed by atoms with E-state index in [1.807, 2.05) is 6.92 Å². The molecule has 0 atom stereocenters. The highest BCUT2D eigenvalue weighted by Gasteiger charge is 2.17. The Balaban J connectivity index is 1.35. The van der Waals surface area contributed by atoms with E-state index in [-0.39, 0.29) is 30.3 Å². The average Bonchev–Trinajstić information content (AvgIpc) is 3.12. The number of aromatic nitrogens is 1. The molecule has 0 bridgehead atoms. The SMILES string of the molecule is Cc1sc(NC(=O)CCC(=O)c2ccc3c(c2)OCCO3)nc1-c1ccc(F)cc1. The lowest BCUT2D eigenvalue weighted by Crippen LogP contribution is -2.16. The fourth-order valence-corrected chi connectivity index (χ4v) is 3.95. The van der Waals surface area contributed by atoms with Crippen molar-refractivity contribution in [2.45, 2.75) is 19.8 Å². The van der Waals surface area contributed by atoms with Crippen molar-refractivity contribution in [1.29, 1.82) is 0 Å². The Bertz CT molecular complexity index is 1100. The van der Waals surface area contributed by atoms with Gasteiger partial charge in [0.1, 0.15) is 19.0 Å². The van der Waals surface area contributed by atoms with Gasteiger partial charge in [-0.25, -0.2) is 9.37 Å². The van der Waals surface area contributed by atoms with E-state index in [9.17, 15) is 14.0 Å². The first-order valence-corrected chi connectivity index (χ1v) is 10.3. The summed E-state index contributed by atoms with van der Waals surface area (Å²) < 4.78 is 24.1. The summed E-state index contributed by atoms with van der Waals surface area (Å²) in [5.41, 5.74) is 1.96. The molecule has 154 valence electrons. The summed E-state index contributed by atoms with van der Waals surface area (Å²) in [6.07, 6.45) is 0.110. The molecule has 0 radical (unpaired) electrons. The van der Waals surface area contributed by atoms with Gasteiger partial charge in [-0.3, -0.25) is 9.59 Å². The Labute approximate surface area is 176 Å². The third kappa shape index (κ3) is 4.49. The molecule has 0 fully saturated rings. The zero-order valence-corrected chi connectivity index (χ0v) is 17.1. The molecule has 0 saturated heterocycles. The van der Waals surface area contributed by atoms with Crippen LogP contribution in [0.1, 0.15) is 28.1 Å². The van der Waals surface area contributed by atoms with E-state index >= 15 is 0 Å². The molecular weight excluding hydrogens is 407 g/mol. The molecule has 4 rings (SSSR count). The summed E-state index contributed by atoms with van der Waals surface area (Å²) in [6, 6.07) is 11.1. The zero-order chi connectivity index (χ0) is 21.1. The van der Waals surface area contributed by atoms with E-state index in [4.69, 9.17) is 9.47 Å². The van der Waals surface area contributed by atoms with Gasteiger partial charge in [0.05, 0.1) is 5.69 Å². The Hall–Kier alpha value is -3.26. The fraction of sp³-hybridized carbons (Fsp3) is 0.227. The van der Waals surface area contributed by atoms with E-state index in [2.05, 4.69) is 10.3 Å². The van der Waals surface area contributed by atoms with Crippen molar-refractivity contribution in [3.8, 4) is 22.8 Å². The van der Waals surface area contributed by atoms with Crippen LogP contribution in [0.2, 0.25) is 0 Å². The molecule has 0 aliphatic carbocycles. The third-order valence-electron chi connectivity index (χ3n) is 4.60. The molecule has 1 aliphatic heterocycles. The number of amides is 1. The normalized spacial score (nSPS) is 12.5. The van der Waals surface area contributed by atoms with E-state index in [0.717, 1.165) is 10.4 Å². The zero-order valence-electron chi connectivity index (χ0n) is 16.2. The lowest BCUT2D eigenvalue weighted by atomic mass is 10.1. The van der Waals surface area contributed by atoms with Crippen LogP contribution in [-0.4, -0.2) is 29.9 Å². The van der Waals surface area contributed by atoms with Crippen LogP contribution in [0.25, 0.3) is 11.3 Å². The number of thiazole rings is 1. The van der Waals surface area contributed by atoms with Gasteiger partial charge in [-0.1, -0.05) is 0 Å². The highest BCUT2D eigenvalue weighted by atomic mass is 32.1. The maximum atomic E-state index is 13.1. The van der Waals surface area contributed by atoms with Crippen LogP contribution < -0.4 is 14.8 Å². The maximum Gasteiger partial charge on any atom is 0.226 e. The number of carbonyl (C=O) groups excluding carboxylic acids is 2. The minimum absolute atomic E-state index is 0.0395. The second-order valence-corrected chi connectivity index (χ2v) is 7.96. The highest BCUT2D eigenvalue weighted by Crippen LogP contribution is 2.32. The molecule has 2 aromatic carbocycles. The number of ether oxygens (including phenoxy) is 2. The molecule has 30 heavy (non-hydrogen) atoms. The lowest BCUT2D eigenvalue weighted by Gasteiger charge is -2.18. The number of benzene rings is 2. The Morgan fingerprint density at radius 3 is 2.57 bits per heavy atom. The van der Waals surface area contributed by atoms with Crippen LogP contribution in [0.4, 0.5) is 9.52 Å². The Morgan fingerprint density at radius 2 is 1.80 bits per heavy atom. The summed E-state index contributed by atoms with van der Waals surface area (Å²) in [5.74, 6) is 0.405. The number of Topliss-reactive ketones (excluding diaryl/α,β-unsaturated/α-hetero) is 1. The Morgan fingerprint density at radius 1 is 1.07 bits per heavy atom. The average molecular weight is 426 g/mol. The van der Waals surface area contributed by atoms with Crippen LogP contribution >= 0.6 is 11.3 Å². The molecule has 1 aromatic heterocycles. The largest absolute Gasteiger partial charge is 0.486 e. The molecule has 2 heterocycles. The minimum Gasteiger partial charge on any atom is -0.486 e. The summed E-state index contributed by atoms with van der Waals surface area (Å²) in [4.78, 5) is 30.1. The smallest absolute Gasteiger partial charge is 0.226 e. The molecule has 1 N–H and O–H groups in total. The van der Waals surface area contributed by atoms with E-state index < -0.39 is 0 Å². The quantitative estimate of drug-likeness (QED) is 0.582. The molecule has 1 aliphatic rings. The number of carbonyl (C=O) groups is 2. The minimum atomic E-state index is -0.317. The van der Waals surface area contributed by atoms with Gasteiger partial charge in [0.15, 0.2) is 22.4 Å². The van der Waals surface area contributed by atoms with Crippen LogP contribution in [0, 0.1) is 12.7 Å². The topological polar surface area (TPSA) is 77.5 Å². The lowest BCUT2D eigenvalue weighted by molar-refractivity contribution is -0.116. The van der Waals surface area contributed by atoms with Crippen LogP contribution in [0.3, 0.4) is 0 Å². The predicted molar refractivity (Wildman–Crippen MR) is 112 cm³/mol. The van der Waals surface area contributed by atoms with Gasteiger partial charge < -0.3 is 14.8 Å². The first kappa shape index (κ1) is 20.0. The number of halogens is 1. The van der Waals surface area contributed by atoms with Crippen molar-refractivity contribution in [2.75, 3.05) is 18.5 Å². The summed E-state index contributed by atoms with van der Waals surface area (Å²) in [6.45, 7) is 2.82. The van der Waals surface area contributed by atoms with Crippen molar-refractivity contribution >= 4 is 28.2 Å². The van der Waals surface area contributed by atoms with Gasteiger partial charge in [-0.2, -0.15) is 0 Å². The predicted octanol–water partition coefficient (Wildman–Crippen LogP) is 4.63.